The number of hydrogen-bond donors (Lipinski definition) is 2. The van der Waals surface area contributed by atoms with E-state index in [0.29, 0.717) is 23.5 Å². The highest BCUT2D eigenvalue weighted by Crippen LogP contribution is 2.36. The molecule has 7 heteroatoms. The monoisotopic (exact) mass is 241 g/mol. The van der Waals surface area contributed by atoms with Crippen LogP contribution in [0.5, 0.6) is 11.5 Å². The highest BCUT2D eigenvalue weighted by atomic mass is 35.5. The summed E-state index contributed by atoms with van der Waals surface area (Å²) in [6.07, 6.45) is -0.267. The van der Waals surface area contributed by atoms with Gasteiger partial charge in [-0.1, -0.05) is 6.07 Å². The fourth-order valence-corrected chi connectivity index (χ4v) is 2.21. The molecule has 1 aromatic carbocycles. The van der Waals surface area contributed by atoms with E-state index in [1.54, 1.807) is 0 Å². The average Bonchev–Trinajstić information content (AvgIpc) is 2.84. The Morgan fingerprint density at radius 1 is 1.50 bits per heavy atom. The summed E-state index contributed by atoms with van der Waals surface area (Å²) in [6.45, 7) is 0.599. The lowest BCUT2D eigenvalue weighted by atomic mass is 9.78. The van der Waals surface area contributed by atoms with E-state index in [9.17, 15) is 5.02 Å². The molecule has 5 nitrogen and oxygen atoms in total. The zero-order chi connectivity index (χ0) is 11.1. The highest BCUT2D eigenvalue weighted by molar-refractivity contribution is 6.63. The molecular weight excluding hydrogens is 232 g/mol. The Kier molecular flexibility index (Phi) is 2.44. The topological polar surface area (TPSA) is 60.0 Å². The maximum Gasteiger partial charge on any atom is 0.496 e. The van der Waals surface area contributed by atoms with Crippen LogP contribution in [0.25, 0.3) is 0 Å². The molecule has 84 valence electrons. The van der Waals surface area contributed by atoms with Crippen LogP contribution in [0.2, 0.25) is 0 Å². The summed E-state index contributed by atoms with van der Waals surface area (Å²) >= 11 is 5.45. The van der Waals surface area contributed by atoms with Crippen LogP contribution in [0.1, 0.15) is 11.7 Å². The molecular formula is C9H9BClNO4. The molecule has 16 heavy (non-hydrogen) atoms. The molecule has 0 spiro atoms. The van der Waals surface area contributed by atoms with Crippen molar-refractivity contribution in [1.82, 2.24) is 4.84 Å². The van der Waals surface area contributed by atoms with E-state index in [1.165, 1.54) is 0 Å². The predicted octanol–water partition coefficient (Wildman–Crippen LogP) is -0.0825. The van der Waals surface area contributed by atoms with Gasteiger partial charge >= 0.3 is 7.12 Å². The minimum atomic E-state index is -0.985. The second kappa shape index (κ2) is 3.82. The molecule has 3 rings (SSSR count). The van der Waals surface area contributed by atoms with Gasteiger partial charge in [-0.15, -0.1) is 0 Å². The van der Waals surface area contributed by atoms with E-state index in [2.05, 4.69) is 4.84 Å². The van der Waals surface area contributed by atoms with Crippen LogP contribution in [0.15, 0.2) is 12.1 Å². The van der Waals surface area contributed by atoms with Crippen LogP contribution < -0.4 is 19.8 Å². The Morgan fingerprint density at radius 2 is 2.38 bits per heavy atom. The van der Waals surface area contributed by atoms with Crippen molar-refractivity contribution in [3.63, 3.8) is 0 Å². The van der Waals surface area contributed by atoms with Crippen LogP contribution in [-0.2, 0) is 4.65 Å². The van der Waals surface area contributed by atoms with Crippen molar-refractivity contribution in [3.05, 3.63) is 17.7 Å². The SMILES string of the molecule is OB1O[C@H](CNCl)c2ccc3c(c21)OCO3. The van der Waals surface area contributed by atoms with Crippen molar-refractivity contribution >= 4 is 24.4 Å². The fraction of sp³-hybridized carbons (Fsp3) is 0.333. The summed E-state index contributed by atoms with van der Waals surface area (Å²) in [4.78, 5) is 2.50. The number of hydrogen-bond acceptors (Lipinski definition) is 5. The number of ether oxygens (including phenoxy) is 2. The van der Waals surface area contributed by atoms with E-state index < -0.39 is 7.12 Å². The van der Waals surface area contributed by atoms with E-state index >= 15 is 0 Å². The molecule has 0 saturated carbocycles. The summed E-state index contributed by atoms with van der Waals surface area (Å²) in [5, 5.41) is 9.81. The molecule has 0 saturated heterocycles. The van der Waals surface area contributed by atoms with E-state index in [0.717, 1.165) is 5.56 Å². The number of nitrogens with one attached hydrogen (secondary N) is 1. The molecule has 2 aliphatic heterocycles. The van der Waals surface area contributed by atoms with Crippen molar-refractivity contribution in [2.24, 2.45) is 0 Å². The molecule has 1 aromatic rings. The number of rotatable bonds is 2. The molecule has 0 unspecified atom stereocenters. The molecule has 0 fully saturated rings. The van der Waals surface area contributed by atoms with Gasteiger partial charge in [0, 0.05) is 12.0 Å². The third kappa shape index (κ3) is 1.38. The first-order chi connectivity index (χ1) is 7.81. The maximum absolute atomic E-state index is 9.81. The molecule has 0 aliphatic carbocycles. The van der Waals surface area contributed by atoms with Crippen LogP contribution >= 0.6 is 11.8 Å². The molecule has 2 heterocycles. The van der Waals surface area contributed by atoms with Crippen molar-refractivity contribution in [2.75, 3.05) is 13.3 Å². The lowest BCUT2D eigenvalue weighted by Crippen LogP contribution is -2.29. The Morgan fingerprint density at radius 3 is 3.19 bits per heavy atom. The minimum absolute atomic E-state index is 0.178. The van der Waals surface area contributed by atoms with Gasteiger partial charge in [0.15, 0.2) is 11.5 Å². The molecule has 0 bridgehead atoms. The number of benzene rings is 1. The molecule has 2 aliphatic rings. The van der Waals surface area contributed by atoms with Crippen molar-refractivity contribution in [1.29, 1.82) is 0 Å². The normalized spacial score (nSPS) is 21.4. The van der Waals surface area contributed by atoms with Gasteiger partial charge < -0.3 is 19.2 Å². The van der Waals surface area contributed by atoms with Gasteiger partial charge in [0.05, 0.1) is 6.10 Å². The van der Waals surface area contributed by atoms with E-state index in [1.807, 2.05) is 12.1 Å². The van der Waals surface area contributed by atoms with Crippen LogP contribution in [0, 0.1) is 0 Å². The largest absolute Gasteiger partial charge is 0.496 e. The first-order valence-electron chi connectivity index (χ1n) is 4.90. The van der Waals surface area contributed by atoms with Gasteiger partial charge in [0.25, 0.3) is 0 Å². The minimum Gasteiger partial charge on any atom is -0.454 e. The lowest BCUT2D eigenvalue weighted by molar-refractivity contribution is 0.174. The van der Waals surface area contributed by atoms with Gasteiger partial charge in [-0.05, 0) is 23.4 Å². The smallest absolute Gasteiger partial charge is 0.454 e. The summed E-state index contributed by atoms with van der Waals surface area (Å²) < 4.78 is 15.9. The Labute approximate surface area is 97.5 Å². The third-order valence-electron chi connectivity index (χ3n) is 2.76. The summed E-state index contributed by atoms with van der Waals surface area (Å²) in [7, 11) is -0.985. The van der Waals surface area contributed by atoms with Crippen molar-refractivity contribution in [3.8, 4) is 11.5 Å². The Balaban J connectivity index is 2.06. The molecule has 0 amide bonds. The number of fused-ring (bicyclic) bond motifs is 3. The average molecular weight is 241 g/mol. The first kappa shape index (κ1) is 10.2. The first-order valence-corrected chi connectivity index (χ1v) is 5.28. The summed E-state index contributed by atoms with van der Waals surface area (Å²) in [5.41, 5.74) is 1.52. The number of halogens is 1. The van der Waals surface area contributed by atoms with E-state index in [-0.39, 0.29) is 12.9 Å². The van der Waals surface area contributed by atoms with Crippen LogP contribution in [0.3, 0.4) is 0 Å². The summed E-state index contributed by atoms with van der Waals surface area (Å²) in [6, 6.07) is 3.67. The van der Waals surface area contributed by atoms with Gasteiger partial charge in [0.2, 0.25) is 6.79 Å². The second-order valence-corrected chi connectivity index (χ2v) is 3.88. The molecule has 2 N–H and O–H groups in total. The lowest BCUT2D eigenvalue weighted by Gasteiger charge is -2.10. The van der Waals surface area contributed by atoms with Crippen molar-refractivity contribution in [2.45, 2.75) is 6.10 Å². The standard InChI is InChI=1S/C9H9BClNO4/c11-12-3-7-5-1-2-6-9(15-4-14-6)8(5)10(13)16-7/h1-2,7,12-13H,3-4H2/t7-/m1/s1. The summed E-state index contributed by atoms with van der Waals surface area (Å²) in [5.74, 6) is 1.21. The zero-order valence-electron chi connectivity index (χ0n) is 8.27. The third-order valence-corrected chi connectivity index (χ3v) is 2.92. The highest BCUT2D eigenvalue weighted by Gasteiger charge is 2.40. The zero-order valence-corrected chi connectivity index (χ0v) is 9.03. The molecule has 0 aromatic heterocycles. The molecule has 1 atom stereocenters. The van der Waals surface area contributed by atoms with Crippen LogP contribution in [-0.4, -0.2) is 25.5 Å². The Bertz CT molecular complexity index is 430. The predicted molar refractivity (Wildman–Crippen MR) is 57.9 cm³/mol. The van der Waals surface area contributed by atoms with Gasteiger partial charge in [-0.25, -0.2) is 4.84 Å². The maximum atomic E-state index is 9.81. The van der Waals surface area contributed by atoms with Gasteiger partial charge in [-0.3, -0.25) is 0 Å². The van der Waals surface area contributed by atoms with Gasteiger partial charge in [-0.2, -0.15) is 0 Å². The van der Waals surface area contributed by atoms with Crippen molar-refractivity contribution < 1.29 is 19.2 Å². The fourth-order valence-electron chi connectivity index (χ4n) is 2.07. The van der Waals surface area contributed by atoms with Gasteiger partial charge in [0.1, 0.15) is 0 Å². The second-order valence-electron chi connectivity index (χ2n) is 3.62. The quantitative estimate of drug-likeness (QED) is 0.560. The Hall–Kier alpha value is -0.945. The van der Waals surface area contributed by atoms with Crippen LogP contribution in [0.4, 0.5) is 0 Å². The van der Waals surface area contributed by atoms with E-state index in [4.69, 9.17) is 25.9 Å². The molecule has 0 radical (unpaired) electrons.